The summed E-state index contributed by atoms with van der Waals surface area (Å²) in [6.45, 7) is 3.65. The van der Waals surface area contributed by atoms with Crippen LogP contribution in [0.1, 0.15) is 25.3 Å². The molecule has 1 aromatic rings. The van der Waals surface area contributed by atoms with Crippen LogP contribution in [0.2, 0.25) is 0 Å². The number of nitrogens with zero attached hydrogens (tertiary/aromatic N) is 2. The summed E-state index contributed by atoms with van der Waals surface area (Å²) in [5.41, 5.74) is 6.93. The summed E-state index contributed by atoms with van der Waals surface area (Å²) in [5.74, 6) is 0.289. The van der Waals surface area contributed by atoms with E-state index in [1.807, 2.05) is 6.07 Å². The molecule has 2 N–H and O–H groups in total. The van der Waals surface area contributed by atoms with Crippen molar-refractivity contribution < 1.29 is 4.39 Å². The maximum atomic E-state index is 13.5. The Morgan fingerprint density at radius 2 is 2.28 bits per heavy atom. The second-order valence-corrected chi connectivity index (χ2v) is 5.02. The average Bonchev–Trinajstić information content (AvgIpc) is 2.37. The number of nitriles is 1. The molecule has 1 saturated heterocycles. The van der Waals surface area contributed by atoms with Gasteiger partial charge in [0.15, 0.2) is 0 Å². The van der Waals surface area contributed by atoms with Gasteiger partial charge in [-0.05, 0) is 37.0 Å². The Morgan fingerprint density at radius 1 is 1.50 bits per heavy atom. The number of anilines is 1. The zero-order chi connectivity index (χ0) is 13.1. The van der Waals surface area contributed by atoms with E-state index in [1.165, 1.54) is 12.1 Å². The zero-order valence-electron chi connectivity index (χ0n) is 10.6. The van der Waals surface area contributed by atoms with Crippen molar-refractivity contribution in [1.82, 2.24) is 0 Å². The number of halogens is 1. The molecule has 2 atom stereocenters. The van der Waals surface area contributed by atoms with Crippen molar-refractivity contribution >= 4 is 5.69 Å². The predicted molar refractivity (Wildman–Crippen MR) is 69.7 cm³/mol. The second kappa shape index (κ2) is 5.36. The molecule has 0 amide bonds. The summed E-state index contributed by atoms with van der Waals surface area (Å²) in [7, 11) is 0. The Bertz CT molecular complexity index is 467. The largest absolute Gasteiger partial charge is 0.367 e. The molecule has 0 radical (unpaired) electrons. The Kier molecular flexibility index (Phi) is 3.83. The number of benzene rings is 1. The highest BCUT2D eigenvalue weighted by Crippen LogP contribution is 2.28. The second-order valence-electron chi connectivity index (χ2n) is 5.02. The Morgan fingerprint density at radius 3 is 2.94 bits per heavy atom. The van der Waals surface area contributed by atoms with Gasteiger partial charge in [-0.25, -0.2) is 4.39 Å². The predicted octanol–water partition coefficient (Wildman–Crippen LogP) is 2.26. The summed E-state index contributed by atoms with van der Waals surface area (Å²) >= 11 is 0. The summed E-state index contributed by atoms with van der Waals surface area (Å²) in [6, 6.07) is 6.71. The van der Waals surface area contributed by atoms with Gasteiger partial charge < -0.3 is 10.6 Å². The minimum atomic E-state index is -0.363. The quantitative estimate of drug-likeness (QED) is 0.872. The normalized spacial score (nSPS) is 23.8. The van der Waals surface area contributed by atoms with Crippen molar-refractivity contribution in [3.63, 3.8) is 0 Å². The molecule has 4 heteroatoms. The van der Waals surface area contributed by atoms with Crippen molar-refractivity contribution in [2.75, 3.05) is 18.0 Å². The van der Waals surface area contributed by atoms with Crippen molar-refractivity contribution in [3.8, 4) is 6.07 Å². The summed E-state index contributed by atoms with van der Waals surface area (Å²) < 4.78 is 13.5. The van der Waals surface area contributed by atoms with E-state index in [-0.39, 0.29) is 11.9 Å². The lowest BCUT2D eigenvalue weighted by Crippen LogP contribution is -2.46. The summed E-state index contributed by atoms with van der Waals surface area (Å²) in [6.07, 6.45) is 2.10. The molecule has 1 aliphatic rings. The molecular weight excluding hydrogens is 229 g/mol. The third-order valence-corrected chi connectivity index (χ3v) is 3.59. The molecule has 2 unspecified atom stereocenters. The molecule has 1 fully saturated rings. The summed E-state index contributed by atoms with van der Waals surface area (Å²) in [4.78, 5) is 2.13. The van der Waals surface area contributed by atoms with Crippen molar-refractivity contribution in [2.24, 2.45) is 11.7 Å². The monoisotopic (exact) mass is 247 g/mol. The van der Waals surface area contributed by atoms with Crippen LogP contribution in [0.3, 0.4) is 0 Å². The molecule has 0 saturated carbocycles. The fourth-order valence-corrected chi connectivity index (χ4v) is 2.62. The van der Waals surface area contributed by atoms with E-state index in [1.54, 1.807) is 6.07 Å². The lowest BCUT2D eigenvalue weighted by Gasteiger charge is -2.39. The van der Waals surface area contributed by atoms with Gasteiger partial charge in [0, 0.05) is 24.8 Å². The first-order valence-corrected chi connectivity index (χ1v) is 6.31. The SMILES string of the molecule is CC1CCN(c2cc(F)cc(C#N)c2)C(CN)C1. The number of hydrogen-bond donors (Lipinski definition) is 1. The topological polar surface area (TPSA) is 53.0 Å². The van der Waals surface area contributed by atoms with Gasteiger partial charge in [0.05, 0.1) is 11.6 Å². The van der Waals surface area contributed by atoms with Crippen LogP contribution >= 0.6 is 0 Å². The molecule has 1 aliphatic heterocycles. The third kappa shape index (κ3) is 2.62. The van der Waals surface area contributed by atoms with Crippen molar-refractivity contribution in [3.05, 3.63) is 29.6 Å². The Labute approximate surface area is 107 Å². The van der Waals surface area contributed by atoms with Gasteiger partial charge in [-0.3, -0.25) is 0 Å². The van der Waals surface area contributed by atoms with Crippen LogP contribution in [0.25, 0.3) is 0 Å². The summed E-state index contributed by atoms with van der Waals surface area (Å²) in [5, 5.41) is 8.89. The van der Waals surface area contributed by atoms with E-state index >= 15 is 0 Å². The lowest BCUT2D eigenvalue weighted by molar-refractivity contribution is 0.366. The van der Waals surface area contributed by atoms with Gasteiger partial charge in [-0.2, -0.15) is 5.26 Å². The van der Waals surface area contributed by atoms with Crippen LogP contribution in [0.5, 0.6) is 0 Å². The lowest BCUT2D eigenvalue weighted by atomic mass is 9.92. The van der Waals surface area contributed by atoms with E-state index in [9.17, 15) is 4.39 Å². The maximum absolute atomic E-state index is 13.5. The van der Waals surface area contributed by atoms with Gasteiger partial charge >= 0.3 is 0 Å². The molecule has 1 heterocycles. The highest BCUT2D eigenvalue weighted by molar-refractivity contribution is 5.53. The minimum Gasteiger partial charge on any atom is -0.367 e. The molecule has 3 nitrogen and oxygen atoms in total. The van der Waals surface area contributed by atoms with Gasteiger partial charge in [-0.15, -0.1) is 0 Å². The van der Waals surface area contributed by atoms with Crippen LogP contribution in [0.4, 0.5) is 10.1 Å². The van der Waals surface area contributed by atoms with Gasteiger partial charge in [0.25, 0.3) is 0 Å². The van der Waals surface area contributed by atoms with E-state index in [4.69, 9.17) is 11.0 Å². The molecule has 18 heavy (non-hydrogen) atoms. The third-order valence-electron chi connectivity index (χ3n) is 3.59. The van der Waals surface area contributed by atoms with E-state index in [0.717, 1.165) is 25.1 Å². The standard InChI is InChI=1S/C14H18FN3/c1-10-2-3-18(14(4-10)9-17)13-6-11(8-16)5-12(15)7-13/h5-7,10,14H,2-4,9,17H2,1H3. The number of hydrogen-bond acceptors (Lipinski definition) is 3. The maximum Gasteiger partial charge on any atom is 0.126 e. The van der Waals surface area contributed by atoms with Gasteiger partial charge in [0.2, 0.25) is 0 Å². The van der Waals surface area contributed by atoms with E-state index < -0.39 is 0 Å². The molecule has 2 rings (SSSR count). The highest BCUT2D eigenvalue weighted by atomic mass is 19.1. The zero-order valence-corrected chi connectivity index (χ0v) is 10.6. The molecule has 1 aromatic carbocycles. The minimum absolute atomic E-state index is 0.238. The first-order valence-electron chi connectivity index (χ1n) is 6.31. The van der Waals surface area contributed by atoms with E-state index in [2.05, 4.69) is 11.8 Å². The Balaban J connectivity index is 2.30. The first-order chi connectivity index (χ1) is 8.63. The fourth-order valence-electron chi connectivity index (χ4n) is 2.62. The molecular formula is C14H18FN3. The number of nitrogens with two attached hydrogens (primary N) is 1. The molecule has 0 bridgehead atoms. The molecule has 0 spiro atoms. The van der Waals surface area contributed by atoms with Crippen LogP contribution < -0.4 is 10.6 Å². The van der Waals surface area contributed by atoms with Crippen molar-refractivity contribution in [2.45, 2.75) is 25.8 Å². The average molecular weight is 247 g/mol. The molecule has 96 valence electrons. The smallest absolute Gasteiger partial charge is 0.126 e. The molecule has 0 aliphatic carbocycles. The Hall–Kier alpha value is -1.60. The number of piperidine rings is 1. The highest BCUT2D eigenvalue weighted by Gasteiger charge is 2.25. The van der Waals surface area contributed by atoms with Gasteiger partial charge in [-0.1, -0.05) is 6.92 Å². The van der Waals surface area contributed by atoms with Crippen LogP contribution in [0.15, 0.2) is 18.2 Å². The van der Waals surface area contributed by atoms with Crippen LogP contribution in [-0.4, -0.2) is 19.1 Å². The van der Waals surface area contributed by atoms with Crippen molar-refractivity contribution in [1.29, 1.82) is 5.26 Å². The van der Waals surface area contributed by atoms with Crippen LogP contribution in [0, 0.1) is 23.1 Å². The van der Waals surface area contributed by atoms with E-state index in [0.29, 0.717) is 18.0 Å². The molecule has 0 aromatic heterocycles. The van der Waals surface area contributed by atoms with Gasteiger partial charge in [0.1, 0.15) is 5.82 Å². The fraction of sp³-hybridized carbons (Fsp3) is 0.500. The number of rotatable bonds is 2. The van der Waals surface area contributed by atoms with Crippen LogP contribution in [-0.2, 0) is 0 Å². The first kappa shape index (κ1) is 12.8.